The molecule has 4 fully saturated rings. The highest BCUT2D eigenvalue weighted by Gasteiger charge is 2.71. The van der Waals surface area contributed by atoms with Crippen LogP contribution in [0.2, 0.25) is 0 Å². The molecule has 1 N–H and O–H groups in total. The zero-order valence-corrected chi connectivity index (χ0v) is 37.6. The van der Waals surface area contributed by atoms with E-state index in [9.17, 15) is 19.2 Å². The maximum Gasteiger partial charge on any atom is 0.272 e. The molecule has 2 saturated carbocycles. The van der Waals surface area contributed by atoms with Crippen molar-refractivity contribution in [2.24, 2.45) is 17.3 Å². The van der Waals surface area contributed by atoms with E-state index in [1.54, 1.807) is 34.7 Å². The van der Waals surface area contributed by atoms with E-state index in [-0.39, 0.29) is 33.8 Å². The molecule has 0 radical (unpaired) electrons. The molecule has 11 heteroatoms. The summed E-state index contributed by atoms with van der Waals surface area (Å²) in [7, 11) is 2.14. The molecular formula is C54H58FN5O5. The fourth-order valence-electron chi connectivity index (χ4n) is 12.6. The van der Waals surface area contributed by atoms with Gasteiger partial charge in [-0.3, -0.25) is 19.2 Å². The molecule has 2 amide bonds. The van der Waals surface area contributed by atoms with E-state index < -0.39 is 11.7 Å². The lowest BCUT2D eigenvalue weighted by atomic mass is 9.49. The van der Waals surface area contributed by atoms with Crippen molar-refractivity contribution < 1.29 is 23.5 Å². The molecule has 0 unspecified atom stereocenters. The van der Waals surface area contributed by atoms with E-state index in [0.717, 1.165) is 70.9 Å². The smallest absolute Gasteiger partial charge is 0.272 e. The maximum absolute atomic E-state index is 15.1. The molecule has 6 aliphatic rings. The first-order chi connectivity index (χ1) is 31.6. The van der Waals surface area contributed by atoms with Crippen LogP contribution in [-0.2, 0) is 20.7 Å². The van der Waals surface area contributed by atoms with E-state index >= 15 is 4.39 Å². The Labute approximate surface area is 380 Å². The third kappa shape index (κ3) is 7.71. The predicted octanol–water partition coefficient (Wildman–Crippen LogP) is 8.31. The monoisotopic (exact) mass is 875 g/mol. The molecule has 10 nitrogen and oxygen atoms in total. The van der Waals surface area contributed by atoms with Gasteiger partial charge in [-0.15, -0.1) is 5.92 Å². The molecule has 5 atom stereocenters. The van der Waals surface area contributed by atoms with Crippen LogP contribution in [0.5, 0.6) is 0 Å². The first-order valence-corrected chi connectivity index (χ1v) is 23.8. The zero-order valence-electron chi connectivity index (χ0n) is 37.6. The van der Waals surface area contributed by atoms with Crippen LogP contribution in [0.1, 0.15) is 111 Å². The Bertz CT molecular complexity index is 2740. The molecule has 10 rings (SSSR count). The van der Waals surface area contributed by atoms with Crippen LogP contribution in [0.4, 0.5) is 10.1 Å². The van der Waals surface area contributed by atoms with Crippen molar-refractivity contribution in [2.75, 3.05) is 51.3 Å². The maximum atomic E-state index is 15.1. The largest absolute Gasteiger partial charge is 0.375 e. The summed E-state index contributed by atoms with van der Waals surface area (Å²) in [5.74, 6) is 7.58. The minimum absolute atomic E-state index is 0.00751. The Morgan fingerprint density at radius 3 is 2.49 bits per heavy atom. The minimum atomic E-state index is -0.592. The highest BCUT2D eigenvalue weighted by atomic mass is 19.1. The second kappa shape index (κ2) is 17.5. The Balaban J connectivity index is 0.709. The number of amides is 2. The van der Waals surface area contributed by atoms with Crippen LogP contribution in [0.15, 0.2) is 94.3 Å². The summed E-state index contributed by atoms with van der Waals surface area (Å²) in [6.45, 7) is 5.13. The first kappa shape index (κ1) is 43.1. The van der Waals surface area contributed by atoms with E-state index in [1.165, 1.54) is 28.5 Å². The SMILES string of the molecule is CC#C[C@]12CC[C@H]3[C@@H]4CCC5=CC(=O)CCC5=C4[C@@H](c4ccc(N(C)CCCCCC(=O)N5CCN(C(=O)c6cc(Cc7n[nH]c(=O)c8ccccc78)ccc6F)CC5)cc4)C[C@@]31CO2. The van der Waals surface area contributed by atoms with E-state index in [4.69, 9.17) is 4.74 Å². The van der Waals surface area contributed by atoms with Crippen molar-refractivity contribution in [1.29, 1.82) is 0 Å². The number of nitrogens with zero attached hydrogens (tertiary/aromatic N) is 4. The van der Waals surface area contributed by atoms with E-state index in [1.807, 2.05) is 30.0 Å². The molecule has 2 saturated heterocycles. The molecule has 1 aromatic heterocycles. The molecule has 4 aromatic rings. The van der Waals surface area contributed by atoms with Crippen molar-refractivity contribution in [2.45, 2.75) is 95.5 Å². The van der Waals surface area contributed by atoms with Gasteiger partial charge in [0.05, 0.1) is 23.3 Å². The lowest BCUT2D eigenvalue weighted by Crippen LogP contribution is -2.64. The first-order valence-electron chi connectivity index (χ1n) is 23.8. The number of unbranched alkanes of at least 4 members (excludes halogenated alkanes) is 2. The lowest BCUT2D eigenvalue weighted by molar-refractivity contribution is -0.245. The van der Waals surface area contributed by atoms with Gasteiger partial charge in [0, 0.05) is 81.4 Å². The van der Waals surface area contributed by atoms with Gasteiger partial charge < -0.3 is 19.4 Å². The quantitative estimate of drug-likeness (QED) is 0.119. The van der Waals surface area contributed by atoms with Crippen molar-refractivity contribution >= 4 is 34.1 Å². The fourth-order valence-corrected chi connectivity index (χ4v) is 12.6. The van der Waals surface area contributed by atoms with Crippen molar-refractivity contribution in [1.82, 2.24) is 20.0 Å². The molecule has 65 heavy (non-hydrogen) atoms. The number of hydrogen-bond acceptors (Lipinski definition) is 7. The highest BCUT2D eigenvalue weighted by molar-refractivity contribution is 5.95. The number of aromatic amines is 1. The number of piperazine rings is 1. The summed E-state index contributed by atoms with van der Waals surface area (Å²) in [6.07, 6.45) is 12.2. The average molecular weight is 876 g/mol. The van der Waals surface area contributed by atoms with Crippen LogP contribution < -0.4 is 10.5 Å². The zero-order chi connectivity index (χ0) is 44.9. The lowest BCUT2D eigenvalue weighted by Gasteiger charge is -2.61. The summed E-state index contributed by atoms with van der Waals surface area (Å²) in [5, 5.41) is 8.01. The number of anilines is 1. The molecular weight excluding hydrogens is 818 g/mol. The summed E-state index contributed by atoms with van der Waals surface area (Å²) in [5.41, 5.74) is 7.73. The normalized spacial score (nSPS) is 25.7. The average Bonchev–Trinajstić information content (AvgIpc) is 3.54. The van der Waals surface area contributed by atoms with E-state index in [0.29, 0.717) is 85.2 Å². The number of fused-ring (bicyclic) bond motifs is 4. The van der Waals surface area contributed by atoms with Crippen LogP contribution in [0.3, 0.4) is 0 Å². The van der Waals surface area contributed by atoms with Crippen LogP contribution in [0, 0.1) is 34.9 Å². The number of aromatic nitrogens is 2. The highest BCUT2D eigenvalue weighted by Crippen LogP contribution is 2.71. The van der Waals surface area contributed by atoms with Gasteiger partial charge in [0.2, 0.25) is 5.91 Å². The Kier molecular flexibility index (Phi) is 11.6. The number of benzene rings is 3. The van der Waals surface area contributed by atoms with Gasteiger partial charge in [-0.1, -0.05) is 54.3 Å². The van der Waals surface area contributed by atoms with Gasteiger partial charge in [0.1, 0.15) is 11.4 Å². The second-order valence-electron chi connectivity index (χ2n) is 19.3. The van der Waals surface area contributed by atoms with Gasteiger partial charge >= 0.3 is 0 Å². The Hall–Kier alpha value is -5.86. The molecule has 3 aromatic carbocycles. The van der Waals surface area contributed by atoms with E-state index in [2.05, 4.69) is 58.3 Å². The second-order valence-corrected chi connectivity index (χ2v) is 19.3. The third-order valence-corrected chi connectivity index (χ3v) is 15.9. The number of ether oxygens (including phenoxy) is 1. The number of hydrogen-bond donors (Lipinski definition) is 1. The predicted molar refractivity (Wildman–Crippen MR) is 249 cm³/mol. The number of nitrogens with one attached hydrogen (secondary N) is 1. The van der Waals surface area contributed by atoms with Crippen molar-refractivity contribution in [3.63, 3.8) is 0 Å². The number of allylic oxidation sites excluding steroid dienone is 4. The summed E-state index contributed by atoms with van der Waals surface area (Å²) in [6, 6.07) is 20.9. The molecule has 0 bridgehead atoms. The van der Waals surface area contributed by atoms with Crippen molar-refractivity contribution in [3.8, 4) is 11.8 Å². The number of carbonyl (C=O) groups excluding carboxylic acids is 3. The van der Waals surface area contributed by atoms with Crippen LogP contribution >= 0.6 is 0 Å². The van der Waals surface area contributed by atoms with Gasteiger partial charge in [-0.2, -0.15) is 5.10 Å². The van der Waals surface area contributed by atoms with Crippen LogP contribution in [0.25, 0.3) is 10.8 Å². The molecule has 1 spiro atoms. The standard InChI is InChI=1S/C54H58FN5O5/c1-3-23-54-24-22-46-43-19-15-37-32-39(61)18-20-40(37)50(43)45(33-53(46,54)34-65-54)36-13-16-38(17-14-36)58(2)25-8-4-5-11-49(62)59-26-28-60(29-27-59)52(64)44-30-35(12-21-47(44)55)31-48-41-9-6-7-10-42(41)51(63)57-56-48/h6-7,9-10,12-14,16-17,21,30,32,43,45-46H,4-5,8,11,15,18-20,22,24-29,31,33-34H2,1-2H3,(H,57,63)/t43-,45+,46-,53+,54-/m0/s1. The number of H-pyrrole nitrogens is 1. The summed E-state index contributed by atoms with van der Waals surface area (Å²) >= 11 is 0. The number of halogens is 1. The Morgan fingerprint density at radius 2 is 1.72 bits per heavy atom. The summed E-state index contributed by atoms with van der Waals surface area (Å²) in [4.78, 5) is 57.3. The number of rotatable bonds is 11. The molecule has 4 aliphatic carbocycles. The summed E-state index contributed by atoms with van der Waals surface area (Å²) < 4.78 is 21.5. The fraction of sp³-hybridized carbons (Fsp3) is 0.463. The third-order valence-electron chi connectivity index (χ3n) is 15.9. The molecule has 336 valence electrons. The number of carbonyl (C=O) groups is 3. The molecule has 2 aliphatic heterocycles. The van der Waals surface area contributed by atoms with Gasteiger partial charge in [0.15, 0.2) is 5.78 Å². The minimum Gasteiger partial charge on any atom is -0.375 e. The number of ketones is 1. The van der Waals surface area contributed by atoms with Gasteiger partial charge in [-0.25, -0.2) is 9.49 Å². The van der Waals surface area contributed by atoms with Crippen LogP contribution in [-0.4, -0.2) is 89.6 Å². The topological polar surface area (TPSA) is 116 Å². The Morgan fingerprint density at radius 1 is 0.938 bits per heavy atom. The van der Waals surface area contributed by atoms with Gasteiger partial charge in [0.25, 0.3) is 11.5 Å². The van der Waals surface area contributed by atoms with Gasteiger partial charge in [-0.05, 0) is 129 Å². The van der Waals surface area contributed by atoms with Crippen molar-refractivity contribution in [3.05, 3.63) is 128 Å². The molecule has 3 heterocycles.